The molecule has 1 aliphatic carbocycles. The molecule has 17 heavy (non-hydrogen) atoms. The number of carbonyl (C=O) groups excluding carboxylic acids is 1. The molecule has 0 N–H and O–H groups in total. The van der Waals surface area contributed by atoms with Crippen LogP contribution < -0.4 is 0 Å². The monoisotopic (exact) mass is 230 g/mol. The average Bonchev–Trinajstić information content (AvgIpc) is 2.37. The third kappa shape index (κ3) is 2.12. The van der Waals surface area contributed by atoms with Gasteiger partial charge in [0.1, 0.15) is 0 Å². The van der Waals surface area contributed by atoms with E-state index in [9.17, 15) is 4.79 Å². The number of hydrogen-bond donors (Lipinski definition) is 0. The first-order valence-electron chi connectivity index (χ1n) is 5.90. The highest BCUT2D eigenvalue weighted by Gasteiger charge is 2.37. The van der Waals surface area contributed by atoms with Gasteiger partial charge in [0, 0.05) is 0 Å². The summed E-state index contributed by atoms with van der Waals surface area (Å²) in [6, 6.07) is 8.31. The van der Waals surface area contributed by atoms with Crippen molar-refractivity contribution in [1.82, 2.24) is 0 Å². The quantitative estimate of drug-likeness (QED) is 0.730. The minimum Gasteiger partial charge on any atom is -0.469 e. The zero-order valence-corrected chi connectivity index (χ0v) is 10.6. The Balaban J connectivity index is 2.26. The normalized spacial score (nSPS) is 18.6. The number of esters is 1. The first kappa shape index (κ1) is 11.9. The molecule has 0 amide bonds. The van der Waals surface area contributed by atoms with Crippen LogP contribution in [0.25, 0.3) is 6.08 Å². The zero-order chi connectivity index (χ0) is 12.5. The molecule has 0 aliphatic heterocycles. The maximum atomic E-state index is 11.8. The summed E-state index contributed by atoms with van der Waals surface area (Å²) in [4.78, 5) is 11.8. The van der Waals surface area contributed by atoms with Gasteiger partial charge in [-0.15, -0.1) is 0 Å². The van der Waals surface area contributed by atoms with E-state index in [1.807, 2.05) is 26.0 Å². The number of benzene rings is 1. The van der Waals surface area contributed by atoms with Crippen LogP contribution in [0.3, 0.4) is 0 Å². The van der Waals surface area contributed by atoms with Crippen molar-refractivity contribution in [3.63, 3.8) is 0 Å². The smallest absolute Gasteiger partial charge is 0.311 e. The molecule has 0 heterocycles. The molecule has 0 fully saturated rings. The van der Waals surface area contributed by atoms with E-state index in [4.69, 9.17) is 4.74 Å². The van der Waals surface area contributed by atoms with Crippen LogP contribution in [0.2, 0.25) is 0 Å². The van der Waals surface area contributed by atoms with Crippen molar-refractivity contribution >= 4 is 12.0 Å². The van der Waals surface area contributed by atoms with Gasteiger partial charge in [-0.3, -0.25) is 4.79 Å². The molecule has 1 aromatic carbocycles. The number of ether oxygens (including phenoxy) is 1. The fourth-order valence-electron chi connectivity index (χ4n) is 2.32. The Kier molecular flexibility index (Phi) is 3.05. The lowest BCUT2D eigenvalue weighted by Gasteiger charge is -2.32. The van der Waals surface area contributed by atoms with Gasteiger partial charge in [0.15, 0.2) is 0 Å². The molecule has 0 spiro atoms. The summed E-state index contributed by atoms with van der Waals surface area (Å²) in [7, 11) is 1.45. The molecule has 1 atom stereocenters. The summed E-state index contributed by atoms with van der Waals surface area (Å²) in [5.41, 5.74) is 2.08. The third-order valence-electron chi connectivity index (χ3n) is 3.64. The minimum absolute atomic E-state index is 0.147. The molecule has 0 saturated heterocycles. The fourth-order valence-corrected chi connectivity index (χ4v) is 2.32. The second-order valence-corrected chi connectivity index (χ2v) is 5.08. The van der Waals surface area contributed by atoms with Gasteiger partial charge in [0.05, 0.1) is 12.5 Å². The topological polar surface area (TPSA) is 26.3 Å². The second-order valence-electron chi connectivity index (χ2n) is 5.08. The van der Waals surface area contributed by atoms with E-state index < -0.39 is 5.41 Å². The molecule has 0 bridgehead atoms. The molecule has 2 nitrogen and oxygen atoms in total. The van der Waals surface area contributed by atoms with Gasteiger partial charge >= 0.3 is 5.97 Å². The molecule has 1 unspecified atom stereocenters. The van der Waals surface area contributed by atoms with Crippen LogP contribution in [0.5, 0.6) is 0 Å². The SMILES string of the molecule is COC(=O)C(C)(C)C1C=Cc2ccccc2C1. The molecule has 2 rings (SSSR count). The molecule has 0 saturated carbocycles. The van der Waals surface area contributed by atoms with E-state index in [1.165, 1.54) is 18.2 Å². The van der Waals surface area contributed by atoms with Gasteiger partial charge in [0.2, 0.25) is 0 Å². The lowest BCUT2D eigenvalue weighted by molar-refractivity contribution is -0.152. The second kappa shape index (κ2) is 4.36. The van der Waals surface area contributed by atoms with Gasteiger partial charge < -0.3 is 4.74 Å². The molecular formula is C15H18O2. The van der Waals surface area contributed by atoms with E-state index in [1.54, 1.807) is 0 Å². The van der Waals surface area contributed by atoms with E-state index in [0.717, 1.165) is 6.42 Å². The summed E-state index contributed by atoms with van der Waals surface area (Å²) >= 11 is 0. The maximum absolute atomic E-state index is 11.8. The Hall–Kier alpha value is -1.57. The van der Waals surface area contributed by atoms with Gasteiger partial charge in [0.25, 0.3) is 0 Å². The van der Waals surface area contributed by atoms with Crippen LogP contribution >= 0.6 is 0 Å². The molecule has 0 radical (unpaired) electrons. The van der Waals surface area contributed by atoms with Crippen molar-refractivity contribution < 1.29 is 9.53 Å². The Labute approximate surface area is 102 Å². The van der Waals surface area contributed by atoms with Crippen LogP contribution in [0, 0.1) is 11.3 Å². The lowest BCUT2D eigenvalue weighted by Crippen LogP contribution is -2.35. The van der Waals surface area contributed by atoms with Crippen LogP contribution in [-0.2, 0) is 16.0 Å². The summed E-state index contributed by atoms with van der Waals surface area (Å²) < 4.78 is 4.88. The van der Waals surface area contributed by atoms with E-state index in [2.05, 4.69) is 24.3 Å². The van der Waals surface area contributed by atoms with Crippen LogP contribution in [-0.4, -0.2) is 13.1 Å². The number of allylic oxidation sites excluding steroid dienone is 1. The summed E-state index contributed by atoms with van der Waals surface area (Å²) in [6.45, 7) is 3.89. The maximum Gasteiger partial charge on any atom is 0.311 e. The Morgan fingerprint density at radius 1 is 1.35 bits per heavy atom. The van der Waals surface area contributed by atoms with Crippen molar-refractivity contribution in [3.05, 3.63) is 41.5 Å². The summed E-state index contributed by atoms with van der Waals surface area (Å²) in [5, 5.41) is 0. The van der Waals surface area contributed by atoms with Crippen LogP contribution in [0.4, 0.5) is 0 Å². The van der Waals surface area contributed by atoms with Crippen LogP contribution in [0.15, 0.2) is 30.3 Å². The number of fused-ring (bicyclic) bond motifs is 1. The Bertz CT molecular complexity index is 458. The molecule has 1 aromatic rings. The number of hydrogen-bond acceptors (Lipinski definition) is 2. The molecule has 90 valence electrons. The standard InChI is InChI=1S/C15H18O2/c1-15(2,14(16)17-3)13-9-8-11-6-4-5-7-12(11)10-13/h4-9,13H,10H2,1-3H3. The average molecular weight is 230 g/mol. The van der Waals surface area contributed by atoms with E-state index in [-0.39, 0.29) is 11.9 Å². The van der Waals surface area contributed by atoms with Crippen molar-refractivity contribution in [2.75, 3.05) is 7.11 Å². The van der Waals surface area contributed by atoms with Crippen LogP contribution in [0.1, 0.15) is 25.0 Å². The fraction of sp³-hybridized carbons (Fsp3) is 0.400. The predicted molar refractivity (Wildman–Crippen MR) is 68.5 cm³/mol. The highest BCUT2D eigenvalue weighted by atomic mass is 16.5. The molecule has 2 heteroatoms. The predicted octanol–water partition coefficient (Wildman–Crippen LogP) is 3.07. The van der Waals surface area contributed by atoms with Crippen molar-refractivity contribution in [2.45, 2.75) is 20.3 Å². The molecule has 0 aromatic heterocycles. The molecule has 1 aliphatic rings. The lowest BCUT2D eigenvalue weighted by atomic mass is 9.73. The third-order valence-corrected chi connectivity index (χ3v) is 3.64. The van der Waals surface area contributed by atoms with Gasteiger partial charge in [-0.05, 0) is 37.3 Å². The van der Waals surface area contributed by atoms with Gasteiger partial charge in [-0.2, -0.15) is 0 Å². The summed E-state index contributed by atoms with van der Waals surface area (Å²) in [5.74, 6) is 0.0522. The van der Waals surface area contributed by atoms with Crippen molar-refractivity contribution in [2.24, 2.45) is 11.3 Å². The van der Waals surface area contributed by atoms with Gasteiger partial charge in [-0.1, -0.05) is 36.4 Å². The van der Waals surface area contributed by atoms with E-state index >= 15 is 0 Å². The van der Waals surface area contributed by atoms with Crippen molar-refractivity contribution in [3.8, 4) is 0 Å². The summed E-state index contributed by atoms with van der Waals surface area (Å²) in [6.07, 6.45) is 5.13. The highest BCUT2D eigenvalue weighted by molar-refractivity contribution is 5.77. The number of rotatable bonds is 2. The first-order chi connectivity index (χ1) is 8.05. The zero-order valence-electron chi connectivity index (χ0n) is 10.6. The Morgan fingerprint density at radius 3 is 2.76 bits per heavy atom. The largest absolute Gasteiger partial charge is 0.469 e. The van der Waals surface area contributed by atoms with Crippen molar-refractivity contribution in [1.29, 1.82) is 0 Å². The molecular weight excluding hydrogens is 212 g/mol. The van der Waals surface area contributed by atoms with Gasteiger partial charge in [-0.25, -0.2) is 0 Å². The number of methoxy groups -OCH3 is 1. The minimum atomic E-state index is -0.473. The first-order valence-corrected chi connectivity index (χ1v) is 5.90. The highest BCUT2D eigenvalue weighted by Crippen LogP contribution is 2.36. The number of carbonyl (C=O) groups is 1. The van der Waals surface area contributed by atoms with E-state index in [0.29, 0.717) is 0 Å². The Morgan fingerprint density at radius 2 is 2.06 bits per heavy atom.